The normalized spacial score (nSPS) is 12.0. The number of carboxylic acid groups (broad SMARTS) is 1. The average Bonchev–Trinajstić information content (AvgIpc) is 3.18. The number of quaternary nitrogens is 1. The molecule has 0 radical (unpaired) electrons. The van der Waals surface area contributed by atoms with Gasteiger partial charge in [0.05, 0.1) is 25.8 Å². The highest BCUT2D eigenvalue weighted by Crippen LogP contribution is 2.16. The molecule has 0 saturated heterocycles. The van der Waals surface area contributed by atoms with Gasteiger partial charge in [0.1, 0.15) is 5.97 Å². The molecule has 0 aromatic carbocycles. The first-order valence-electron chi connectivity index (χ1n) is 23.8. The van der Waals surface area contributed by atoms with Crippen LogP contribution in [0, 0.1) is 0 Å². The van der Waals surface area contributed by atoms with Crippen LogP contribution in [0.25, 0.3) is 0 Å². The second-order valence-corrected chi connectivity index (χ2v) is 17.1. The zero-order valence-electron chi connectivity index (χ0n) is 37.2. The van der Waals surface area contributed by atoms with Gasteiger partial charge in [0.25, 0.3) is 0 Å². The largest absolute Gasteiger partial charge is 0.542 e. The van der Waals surface area contributed by atoms with E-state index >= 15 is 0 Å². The van der Waals surface area contributed by atoms with Crippen molar-refractivity contribution in [2.24, 2.45) is 0 Å². The SMILES string of the molecule is CCCCCCCCCCCCCCCCCCOCC(CSCCC(=O)NCC[NH3+])OCCCCCCCCCCCCCCCCCC.O=C([O-])C(F)(F)F. The quantitative estimate of drug-likeness (QED) is 0.0590. The molecule has 57 heavy (non-hydrogen) atoms. The summed E-state index contributed by atoms with van der Waals surface area (Å²) < 4.78 is 44.0. The van der Waals surface area contributed by atoms with Crippen molar-refractivity contribution >= 4 is 23.6 Å². The summed E-state index contributed by atoms with van der Waals surface area (Å²) in [6.45, 7) is 8.35. The van der Waals surface area contributed by atoms with Crippen molar-refractivity contribution in [2.45, 2.75) is 238 Å². The second kappa shape index (κ2) is 47.6. The molecular formula is C46H91F3N2O5S. The maximum atomic E-state index is 11.9. The molecule has 0 rings (SSSR count). The predicted octanol–water partition coefficient (Wildman–Crippen LogP) is 11.7. The molecule has 0 aliphatic carbocycles. The smallest absolute Gasteiger partial charge is 0.430 e. The van der Waals surface area contributed by atoms with E-state index < -0.39 is 12.1 Å². The molecule has 0 aliphatic heterocycles. The number of hydrogen-bond acceptors (Lipinski definition) is 6. The third-order valence-electron chi connectivity index (χ3n) is 10.3. The van der Waals surface area contributed by atoms with Gasteiger partial charge in [-0.2, -0.15) is 24.9 Å². The Morgan fingerprint density at radius 2 is 0.930 bits per heavy atom. The number of alkyl halides is 3. The monoisotopic (exact) mass is 841 g/mol. The summed E-state index contributed by atoms with van der Waals surface area (Å²) in [5.74, 6) is -1.14. The summed E-state index contributed by atoms with van der Waals surface area (Å²) in [6.07, 6.45) is 40.0. The molecule has 11 heteroatoms. The molecule has 1 amide bonds. The number of ether oxygens (including phenoxy) is 2. The van der Waals surface area contributed by atoms with Crippen molar-refractivity contribution in [3.8, 4) is 0 Å². The first-order chi connectivity index (χ1) is 27.7. The van der Waals surface area contributed by atoms with E-state index in [1.54, 1.807) is 0 Å². The molecule has 1 atom stereocenters. The summed E-state index contributed by atoms with van der Waals surface area (Å²) >= 11 is 1.82. The minimum absolute atomic E-state index is 0.125. The van der Waals surface area contributed by atoms with Crippen LogP contribution in [0.3, 0.4) is 0 Å². The van der Waals surface area contributed by atoms with Crippen molar-refractivity contribution in [3.63, 3.8) is 0 Å². The lowest BCUT2D eigenvalue weighted by atomic mass is 10.0. The molecule has 0 heterocycles. The number of thioether (sulfide) groups is 1. The Kier molecular flexibility index (Phi) is 48.5. The highest BCUT2D eigenvalue weighted by Gasteiger charge is 2.28. The molecule has 0 aromatic rings. The van der Waals surface area contributed by atoms with E-state index in [9.17, 15) is 18.0 Å². The summed E-state index contributed by atoms with van der Waals surface area (Å²) in [5.41, 5.74) is 3.79. The second-order valence-electron chi connectivity index (χ2n) is 16.0. The zero-order chi connectivity index (χ0) is 42.3. The summed E-state index contributed by atoms with van der Waals surface area (Å²) in [4.78, 5) is 20.7. The highest BCUT2D eigenvalue weighted by atomic mass is 32.2. The van der Waals surface area contributed by atoms with Crippen LogP contribution in [-0.4, -0.2) is 68.6 Å². The minimum Gasteiger partial charge on any atom is -0.542 e. The zero-order valence-corrected chi connectivity index (χ0v) is 38.0. The lowest BCUT2D eigenvalue weighted by molar-refractivity contribution is -0.364. The number of carbonyl (C=O) groups is 2. The van der Waals surface area contributed by atoms with Crippen molar-refractivity contribution in [2.75, 3.05) is 44.4 Å². The number of carbonyl (C=O) groups excluding carboxylic acids is 2. The number of unbranched alkanes of at least 4 members (excludes halogenated alkanes) is 30. The van der Waals surface area contributed by atoms with Crippen LogP contribution >= 0.6 is 11.8 Å². The van der Waals surface area contributed by atoms with E-state index in [-0.39, 0.29) is 12.0 Å². The third kappa shape index (κ3) is 51.0. The fraction of sp³-hybridized carbons (Fsp3) is 0.957. The molecule has 0 fully saturated rings. The van der Waals surface area contributed by atoms with Crippen LogP contribution in [-0.2, 0) is 19.1 Å². The molecule has 0 aliphatic rings. The molecule has 0 bridgehead atoms. The topological polar surface area (TPSA) is 115 Å². The van der Waals surface area contributed by atoms with Crippen LogP contribution < -0.4 is 16.2 Å². The van der Waals surface area contributed by atoms with Gasteiger partial charge in [0.15, 0.2) is 0 Å². The lowest BCUT2D eigenvalue weighted by Gasteiger charge is -2.18. The predicted molar refractivity (Wildman–Crippen MR) is 233 cm³/mol. The van der Waals surface area contributed by atoms with Crippen LogP contribution in [0.1, 0.15) is 226 Å². The van der Waals surface area contributed by atoms with Gasteiger partial charge in [-0.3, -0.25) is 4.79 Å². The Morgan fingerprint density at radius 1 is 0.596 bits per heavy atom. The van der Waals surface area contributed by atoms with Gasteiger partial charge in [-0.15, -0.1) is 0 Å². The van der Waals surface area contributed by atoms with Crippen LogP contribution in [0.15, 0.2) is 0 Å². The van der Waals surface area contributed by atoms with Crippen molar-refractivity contribution < 1.29 is 43.1 Å². The molecule has 1 unspecified atom stereocenters. The Hall–Kier alpha value is -1.04. The summed E-state index contributed by atoms with van der Waals surface area (Å²) in [7, 11) is 0. The van der Waals surface area contributed by atoms with Gasteiger partial charge in [0.2, 0.25) is 5.91 Å². The first-order valence-corrected chi connectivity index (χ1v) is 25.0. The van der Waals surface area contributed by atoms with E-state index in [1.807, 2.05) is 11.8 Å². The van der Waals surface area contributed by atoms with E-state index in [4.69, 9.17) is 19.4 Å². The van der Waals surface area contributed by atoms with E-state index in [0.717, 1.165) is 44.1 Å². The van der Waals surface area contributed by atoms with Gasteiger partial charge < -0.3 is 30.4 Å². The fourth-order valence-electron chi connectivity index (χ4n) is 6.71. The van der Waals surface area contributed by atoms with E-state index in [2.05, 4.69) is 24.9 Å². The van der Waals surface area contributed by atoms with Crippen LogP contribution in [0.2, 0.25) is 0 Å². The van der Waals surface area contributed by atoms with Crippen molar-refractivity contribution in [1.29, 1.82) is 0 Å². The van der Waals surface area contributed by atoms with E-state index in [1.165, 1.54) is 193 Å². The van der Waals surface area contributed by atoms with Gasteiger partial charge >= 0.3 is 6.18 Å². The Labute approximate surface area is 353 Å². The van der Waals surface area contributed by atoms with Gasteiger partial charge in [-0.25, -0.2) is 0 Å². The Morgan fingerprint density at radius 3 is 1.26 bits per heavy atom. The molecule has 4 N–H and O–H groups in total. The Bertz CT molecular complexity index is 825. The molecular weight excluding hydrogens is 750 g/mol. The average molecular weight is 841 g/mol. The first kappa shape index (κ1) is 58.1. The minimum atomic E-state index is -5.19. The van der Waals surface area contributed by atoms with Gasteiger partial charge in [0, 0.05) is 31.1 Å². The molecule has 0 aromatic heterocycles. The summed E-state index contributed by atoms with van der Waals surface area (Å²) in [5, 5.41) is 11.7. The third-order valence-corrected chi connectivity index (χ3v) is 11.4. The number of rotatable bonds is 44. The molecule has 0 spiro atoms. The lowest BCUT2D eigenvalue weighted by Crippen LogP contribution is -2.54. The number of aliphatic carboxylic acids is 1. The van der Waals surface area contributed by atoms with Gasteiger partial charge in [-0.1, -0.05) is 206 Å². The van der Waals surface area contributed by atoms with Crippen LogP contribution in [0.5, 0.6) is 0 Å². The maximum absolute atomic E-state index is 11.9. The number of hydrogen-bond donors (Lipinski definition) is 2. The number of carboxylic acids is 1. The number of amides is 1. The molecule has 342 valence electrons. The highest BCUT2D eigenvalue weighted by molar-refractivity contribution is 7.99. The fourth-order valence-corrected chi connectivity index (χ4v) is 7.66. The van der Waals surface area contributed by atoms with Gasteiger partial charge in [-0.05, 0) is 12.8 Å². The number of halogens is 3. The van der Waals surface area contributed by atoms with E-state index in [0.29, 0.717) is 19.6 Å². The van der Waals surface area contributed by atoms with Crippen molar-refractivity contribution in [1.82, 2.24) is 5.32 Å². The maximum Gasteiger partial charge on any atom is 0.430 e. The Balaban J connectivity index is 0. The number of nitrogens with one attached hydrogen (secondary N) is 1. The molecule has 0 saturated carbocycles. The van der Waals surface area contributed by atoms with Crippen LogP contribution in [0.4, 0.5) is 13.2 Å². The standard InChI is InChI=1S/C44H90N2O3S.C2HF3O2/c1-3-5-7-9-11-13-15-17-19-21-23-25-27-29-31-33-38-48-41-43(42-50-40-35-44(47)46-37-36-45)49-39-34-32-30-28-26-24-22-20-18-16-14-12-10-8-6-4-2;3-2(4,5)1(6)7/h43H,3-42,45H2,1-2H3,(H,46,47);(H,6,7). The molecule has 7 nitrogen and oxygen atoms in total. The van der Waals surface area contributed by atoms with Crippen molar-refractivity contribution in [3.05, 3.63) is 0 Å². The summed E-state index contributed by atoms with van der Waals surface area (Å²) in [6, 6.07) is 0.